The Morgan fingerprint density at radius 1 is 1.18 bits per heavy atom. The molecule has 1 unspecified atom stereocenters. The van der Waals surface area contributed by atoms with Crippen molar-refractivity contribution in [3.63, 3.8) is 0 Å². The van der Waals surface area contributed by atoms with Gasteiger partial charge in [-0.15, -0.1) is 0 Å². The van der Waals surface area contributed by atoms with Crippen LogP contribution < -0.4 is 5.73 Å². The molecule has 2 heteroatoms. The van der Waals surface area contributed by atoms with Crippen LogP contribution in [-0.4, -0.2) is 11.1 Å². The Morgan fingerprint density at radius 2 is 1.88 bits per heavy atom. The topological polar surface area (TPSA) is 46.2 Å². The zero-order valence-corrected chi connectivity index (χ0v) is 10.2. The summed E-state index contributed by atoms with van der Waals surface area (Å²) < 4.78 is 0. The van der Waals surface area contributed by atoms with Crippen LogP contribution in [0, 0.1) is 5.92 Å². The quantitative estimate of drug-likeness (QED) is 0.822. The second kappa shape index (κ2) is 4.02. The third kappa shape index (κ3) is 1.75. The molecule has 2 saturated carbocycles. The van der Waals surface area contributed by atoms with E-state index in [0.717, 1.165) is 12.3 Å². The minimum Gasteiger partial charge on any atom is -0.508 e. The van der Waals surface area contributed by atoms with E-state index in [1.54, 1.807) is 6.07 Å². The van der Waals surface area contributed by atoms with E-state index in [-0.39, 0.29) is 5.41 Å². The van der Waals surface area contributed by atoms with E-state index in [0.29, 0.717) is 11.8 Å². The predicted octanol–water partition coefficient (Wildman–Crippen LogP) is 2.94. The molecule has 2 aliphatic carbocycles. The summed E-state index contributed by atoms with van der Waals surface area (Å²) in [6.07, 6.45) is 7.78. The van der Waals surface area contributed by atoms with Crippen LogP contribution in [0.5, 0.6) is 5.75 Å². The lowest BCUT2D eigenvalue weighted by Gasteiger charge is -2.31. The minimum absolute atomic E-state index is 0.180. The Kier molecular flexibility index (Phi) is 2.62. The minimum atomic E-state index is 0.180. The highest BCUT2D eigenvalue weighted by molar-refractivity contribution is 5.41. The van der Waals surface area contributed by atoms with Crippen molar-refractivity contribution in [2.45, 2.75) is 50.0 Å². The number of aromatic hydroxyl groups is 1. The van der Waals surface area contributed by atoms with Crippen molar-refractivity contribution in [1.29, 1.82) is 0 Å². The second-order valence-electron chi connectivity index (χ2n) is 5.74. The molecular weight excluding hydrogens is 210 g/mol. The standard InChI is InChI=1S/C15H21NO/c16-14-10-15(14,11-5-2-1-3-6-11)12-7-4-8-13(17)9-12/h4,7-9,11,14,17H,1-3,5-6,10,16H2/t14-,15?/m1/s1. The number of phenols is 1. The summed E-state index contributed by atoms with van der Waals surface area (Å²) in [5, 5.41) is 9.65. The van der Waals surface area contributed by atoms with Gasteiger partial charge in [-0.2, -0.15) is 0 Å². The zero-order chi connectivity index (χ0) is 11.9. The maximum absolute atomic E-state index is 9.65. The Hall–Kier alpha value is -1.02. The van der Waals surface area contributed by atoms with Crippen molar-refractivity contribution in [1.82, 2.24) is 0 Å². The maximum atomic E-state index is 9.65. The van der Waals surface area contributed by atoms with Crippen molar-refractivity contribution >= 4 is 0 Å². The van der Waals surface area contributed by atoms with E-state index in [2.05, 4.69) is 6.07 Å². The molecule has 0 bridgehead atoms. The van der Waals surface area contributed by atoms with E-state index in [1.807, 2.05) is 12.1 Å². The number of hydrogen-bond acceptors (Lipinski definition) is 2. The van der Waals surface area contributed by atoms with E-state index >= 15 is 0 Å². The average molecular weight is 231 g/mol. The molecule has 2 fully saturated rings. The van der Waals surface area contributed by atoms with E-state index in [4.69, 9.17) is 5.73 Å². The number of nitrogens with two attached hydrogens (primary N) is 1. The molecule has 2 nitrogen and oxygen atoms in total. The molecule has 1 aromatic carbocycles. The monoisotopic (exact) mass is 231 g/mol. The lowest BCUT2D eigenvalue weighted by atomic mass is 9.73. The van der Waals surface area contributed by atoms with Crippen molar-refractivity contribution in [2.75, 3.05) is 0 Å². The largest absolute Gasteiger partial charge is 0.508 e. The fraction of sp³-hybridized carbons (Fsp3) is 0.600. The Bertz CT molecular complexity index is 411. The molecule has 3 rings (SSSR count). The number of phenolic OH excluding ortho intramolecular Hbond substituents is 1. The highest BCUT2D eigenvalue weighted by atomic mass is 16.3. The van der Waals surface area contributed by atoms with Crippen LogP contribution in [0.1, 0.15) is 44.1 Å². The van der Waals surface area contributed by atoms with Gasteiger partial charge in [0.15, 0.2) is 0 Å². The average Bonchev–Trinajstić information content (AvgIpc) is 3.04. The molecule has 2 atom stereocenters. The fourth-order valence-electron chi connectivity index (χ4n) is 3.76. The molecule has 0 aromatic heterocycles. The van der Waals surface area contributed by atoms with Crippen LogP contribution in [0.2, 0.25) is 0 Å². The van der Waals surface area contributed by atoms with E-state index in [1.165, 1.54) is 37.7 Å². The SMILES string of the molecule is N[C@@H]1CC1(c1cccc(O)c1)C1CCCCC1. The van der Waals surface area contributed by atoms with Gasteiger partial charge >= 0.3 is 0 Å². The molecule has 0 heterocycles. The van der Waals surface area contributed by atoms with Crippen LogP contribution >= 0.6 is 0 Å². The van der Waals surface area contributed by atoms with Gasteiger partial charge < -0.3 is 10.8 Å². The van der Waals surface area contributed by atoms with Gasteiger partial charge in [0, 0.05) is 11.5 Å². The Balaban J connectivity index is 1.92. The van der Waals surface area contributed by atoms with Crippen LogP contribution in [0.4, 0.5) is 0 Å². The third-order valence-electron chi connectivity index (χ3n) is 4.78. The van der Waals surface area contributed by atoms with Gasteiger partial charge in [-0.1, -0.05) is 31.4 Å². The van der Waals surface area contributed by atoms with Gasteiger partial charge in [0.2, 0.25) is 0 Å². The highest BCUT2D eigenvalue weighted by Gasteiger charge is 2.57. The number of rotatable bonds is 2. The molecule has 2 aliphatic rings. The first kappa shape index (κ1) is 11.1. The normalized spacial score (nSPS) is 33.6. The summed E-state index contributed by atoms with van der Waals surface area (Å²) in [6, 6.07) is 8.04. The lowest BCUT2D eigenvalue weighted by molar-refractivity contribution is 0.283. The summed E-state index contributed by atoms with van der Waals surface area (Å²) >= 11 is 0. The summed E-state index contributed by atoms with van der Waals surface area (Å²) in [7, 11) is 0. The summed E-state index contributed by atoms with van der Waals surface area (Å²) in [5.41, 5.74) is 7.67. The number of benzene rings is 1. The van der Waals surface area contributed by atoms with Crippen LogP contribution in [0.3, 0.4) is 0 Å². The van der Waals surface area contributed by atoms with Crippen molar-refractivity contribution in [3.05, 3.63) is 29.8 Å². The fourth-order valence-corrected chi connectivity index (χ4v) is 3.76. The van der Waals surface area contributed by atoms with Gasteiger partial charge in [0.25, 0.3) is 0 Å². The van der Waals surface area contributed by atoms with E-state index < -0.39 is 0 Å². The lowest BCUT2D eigenvalue weighted by Crippen LogP contribution is -2.29. The third-order valence-corrected chi connectivity index (χ3v) is 4.78. The van der Waals surface area contributed by atoms with Gasteiger partial charge in [-0.05, 0) is 42.9 Å². The molecule has 3 N–H and O–H groups in total. The van der Waals surface area contributed by atoms with Crippen LogP contribution in [0.15, 0.2) is 24.3 Å². The summed E-state index contributed by atoms with van der Waals surface area (Å²) in [5.74, 6) is 1.10. The molecule has 0 amide bonds. The summed E-state index contributed by atoms with van der Waals surface area (Å²) in [4.78, 5) is 0. The van der Waals surface area contributed by atoms with Gasteiger partial charge in [0.05, 0.1) is 0 Å². The van der Waals surface area contributed by atoms with Gasteiger partial charge in [0.1, 0.15) is 5.75 Å². The van der Waals surface area contributed by atoms with Gasteiger partial charge in [-0.3, -0.25) is 0 Å². The van der Waals surface area contributed by atoms with Crippen molar-refractivity contribution < 1.29 is 5.11 Å². The maximum Gasteiger partial charge on any atom is 0.115 e. The molecule has 0 saturated heterocycles. The highest BCUT2D eigenvalue weighted by Crippen LogP contribution is 2.57. The smallest absolute Gasteiger partial charge is 0.115 e. The molecule has 0 aliphatic heterocycles. The first-order chi connectivity index (χ1) is 8.23. The summed E-state index contributed by atoms with van der Waals surface area (Å²) in [6.45, 7) is 0. The molecule has 0 radical (unpaired) electrons. The molecule has 0 spiro atoms. The van der Waals surface area contributed by atoms with E-state index in [9.17, 15) is 5.11 Å². The Labute approximate surface area is 103 Å². The first-order valence-electron chi connectivity index (χ1n) is 6.78. The van der Waals surface area contributed by atoms with Crippen molar-refractivity contribution in [2.24, 2.45) is 11.7 Å². The first-order valence-corrected chi connectivity index (χ1v) is 6.78. The van der Waals surface area contributed by atoms with Crippen molar-refractivity contribution in [3.8, 4) is 5.75 Å². The van der Waals surface area contributed by atoms with Crippen LogP contribution in [0.25, 0.3) is 0 Å². The molecule has 1 aromatic rings. The van der Waals surface area contributed by atoms with Gasteiger partial charge in [-0.25, -0.2) is 0 Å². The second-order valence-corrected chi connectivity index (χ2v) is 5.74. The molecule has 92 valence electrons. The molecule has 17 heavy (non-hydrogen) atoms. The van der Waals surface area contributed by atoms with Crippen LogP contribution in [-0.2, 0) is 5.41 Å². The zero-order valence-electron chi connectivity index (χ0n) is 10.2. The Morgan fingerprint density at radius 3 is 2.47 bits per heavy atom. The number of hydrogen-bond donors (Lipinski definition) is 2. The molecular formula is C15H21NO. The predicted molar refractivity (Wildman–Crippen MR) is 69.0 cm³/mol.